The zero-order chi connectivity index (χ0) is 22.3. The summed E-state index contributed by atoms with van der Waals surface area (Å²) in [6, 6.07) is 10.6. The van der Waals surface area contributed by atoms with Crippen LogP contribution in [0.5, 0.6) is 5.75 Å². The molecule has 166 valence electrons. The molecule has 1 fully saturated rings. The lowest BCUT2D eigenvalue weighted by Gasteiger charge is -2.12. The first-order valence-electron chi connectivity index (χ1n) is 10.2. The summed E-state index contributed by atoms with van der Waals surface area (Å²) in [5.41, 5.74) is 2.53. The van der Waals surface area contributed by atoms with Gasteiger partial charge in [-0.25, -0.2) is 8.42 Å². The fourth-order valence-electron chi connectivity index (χ4n) is 3.80. The molecule has 1 aliphatic carbocycles. The van der Waals surface area contributed by atoms with Crippen LogP contribution in [0.1, 0.15) is 35.4 Å². The minimum atomic E-state index is -4.02. The fourth-order valence-corrected chi connectivity index (χ4v) is 5.07. The second-order valence-electron chi connectivity index (χ2n) is 7.81. The number of ether oxygens (including phenoxy) is 1. The lowest BCUT2D eigenvalue weighted by Crippen LogP contribution is -2.16. The number of hydrogen-bond donors (Lipinski definition) is 2. The van der Waals surface area contributed by atoms with Crippen LogP contribution in [0, 0.1) is 0 Å². The van der Waals surface area contributed by atoms with E-state index in [0.29, 0.717) is 34.7 Å². The van der Waals surface area contributed by atoms with E-state index in [2.05, 4.69) is 15.0 Å². The Hall–Kier alpha value is -3.37. The number of methoxy groups -OCH3 is 1. The highest BCUT2D eigenvalue weighted by Gasteiger charge is 2.28. The maximum atomic E-state index is 13.2. The van der Waals surface area contributed by atoms with Gasteiger partial charge in [0, 0.05) is 12.4 Å². The molecule has 1 saturated carbocycles. The summed E-state index contributed by atoms with van der Waals surface area (Å²) >= 11 is 0. The summed E-state index contributed by atoms with van der Waals surface area (Å²) in [5.74, 6) is 0.832. The molecule has 9 nitrogen and oxygen atoms in total. The highest BCUT2D eigenvalue weighted by Crippen LogP contribution is 2.41. The van der Waals surface area contributed by atoms with Crippen molar-refractivity contribution in [3.05, 3.63) is 65.5 Å². The first-order valence-corrected chi connectivity index (χ1v) is 11.7. The van der Waals surface area contributed by atoms with Crippen molar-refractivity contribution in [1.29, 1.82) is 0 Å². The topological polar surface area (TPSA) is 119 Å². The third kappa shape index (κ3) is 3.82. The lowest BCUT2D eigenvalue weighted by atomic mass is 10.1. The van der Waals surface area contributed by atoms with Crippen LogP contribution < -0.4 is 9.46 Å². The van der Waals surface area contributed by atoms with E-state index >= 15 is 0 Å². The Morgan fingerprint density at radius 3 is 2.81 bits per heavy atom. The molecule has 4 aromatic rings. The largest absolute Gasteiger partial charge is 0.496 e. The third-order valence-corrected chi connectivity index (χ3v) is 6.97. The Labute approximate surface area is 184 Å². The Morgan fingerprint density at radius 1 is 1.28 bits per heavy atom. The molecule has 5 rings (SSSR count). The van der Waals surface area contributed by atoms with Crippen molar-refractivity contribution in [3.8, 4) is 5.75 Å². The Kier molecular flexibility index (Phi) is 5.10. The number of sulfonamides is 1. The van der Waals surface area contributed by atoms with Crippen LogP contribution >= 0.6 is 0 Å². The zero-order valence-electron chi connectivity index (χ0n) is 17.4. The first-order chi connectivity index (χ1) is 15.5. The van der Waals surface area contributed by atoms with Gasteiger partial charge >= 0.3 is 0 Å². The number of fused-ring (bicyclic) bond motifs is 1. The molecule has 1 aliphatic rings. The quantitative estimate of drug-likeness (QED) is 0.419. The van der Waals surface area contributed by atoms with Crippen LogP contribution in [0.4, 0.5) is 5.82 Å². The number of aromatic nitrogens is 3. The predicted octanol–water partition coefficient (Wildman–Crippen LogP) is 3.25. The monoisotopic (exact) mass is 454 g/mol. The van der Waals surface area contributed by atoms with Crippen LogP contribution in [0.2, 0.25) is 0 Å². The van der Waals surface area contributed by atoms with Crippen LogP contribution in [-0.2, 0) is 23.2 Å². The number of rotatable bonds is 8. The Balaban J connectivity index is 1.52. The highest BCUT2D eigenvalue weighted by molar-refractivity contribution is 7.92. The van der Waals surface area contributed by atoms with Gasteiger partial charge in [0.15, 0.2) is 11.4 Å². The van der Waals surface area contributed by atoms with E-state index in [9.17, 15) is 13.5 Å². The van der Waals surface area contributed by atoms with Gasteiger partial charge in [-0.1, -0.05) is 17.3 Å². The number of aliphatic hydroxyl groups is 1. The van der Waals surface area contributed by atoms with Crippen molar-refractivity contribution in [2.75, 3.05) is 11.8 Å². The first kappa shape index (κ1) is 20.5. The molecule has 0 spiro atoms. The molecule has 32 heavy (non-hydrogen) atoms. The number of benzene rings is 2. The van der Waals surface area contributed by atoms with E-state index in [1.165, 1.54) is 7.11 Å². The van der Waals surface area contributed by atoms with Crippen LogP contribution in [0.3, 0.4) is 0 Å². The lowest BCUT2D eigenvalue weighted by molar-refractivity contribution is 0.278. The summed E-state index contributed by atoms with van der Waals surface area (Å²) in [5, 5.41) is 18.2. The van der Waals surface area contributed by atoms with E-state index in [-0.39, 0.29) is 17.3 Å². The number of anilines is 1. The zero-order valence-corrected chi connectivity index (χ0v) is 18.2. The summed E-state index contributed by atoms with van der Waals surface area (Å²) in [4.78, 5) is 0.0369. The summed E-state index contributed by atoms with van der Waals surface area (Å²) in [7, 11) is -2.52. The minimum absolute atomic E-state index is 0.0307. The average Bonchev–Trinajstić information content (AvgIpc) is 3.39. The fraction of sp³-hybridized carbons (Fsp3) is 0.273. The van der Waals surface area contributed by atoms with Gasteiger partial charge in [-0.15, -0.1) is 0 Å². The van der Waals surface area contributed by atoms with Gasteiger partial charge in [0.05, 0.1) is 25.2 Å². The molecule has 0 bridgehead atoms. The van der Waals surface area contributed by atoms with Gasteiger partial charge in [0.1, 0.15) is 11.1 Å². The van der Waals surface area contributed by atoms with Gasteiger partial charge in [-0.05, 0) is 59.7 Å². The molecule has 0 aliphatic heterocycles. The highest BCUT2D eigenvalue weighted by atomic mass is 32.2. The van der Waals surface area contributed by atoms with E-state index in [0.717, 1.165) is 24.0 Å². The average molecular weight is 455 g/mol. The Bertz CT molecular complexity index is 1380. The van der Waals surface area contributed by atoms with Gasteiger partial charge in [0.25, 0.3) is 10.0 Å². The summed E-state index contributed by atoms with van der Waals surface area (Å²) in [6.07, 6.45) is 5.61. The van der Waals surface area contributed by atoms with Crippen LogP contribution in [0.15, 0.2) is 58.2 Å². The standard InChI is InChI=1S/C22H22N4O5S/c1-30-18-9-14(12-26-8-2-7-23-26)10-19-21(18)22(24-31-19)25-32(28,29)20-11-16(15-3-4-15)5-6-17(20)13-27/h2,5-11,15,27H,3-4,12-13H2,1H3,(H,24,25). The van der Waals surface area contributed by atoms with Crippen molar-refractivity contribution < 1.29 is 22.8 Å². The van der Waals surface area contributed by atoms with E-state index in [1.807, 2.05) is 18.3 Å². The van der Waals surface area contributed by atoms with Crippen molar-refractivity contribution in [2.45, 2.75) is 36.8 Å². The van der Waals surface area contributed by atoms with Crippen molar-refractivity contribution in [2.24, 2.45) is 0 Å². The second kappa shape index (κ2) is 7.95. The van der Waals surface area contributed by atoms with E-state index in [1.54, 1.807) is 35.1 Å². The van der Waals surface area contributed by atoms with Crippen molar-refractivity contribution in [1.82, 2.24) is 14.9 Å². The van der Waals surface area contributed by atoms with E-state index < -0.39 is 10.0 Å². The summed E-state index contributed by atoms with van der Waals surface area (Å²) < 4.78 is 41.7. The second-order valence-corrected chi connectivity index (χ2v) is 9.46. The molecule has 2 aromatic carbocycles. The molecule has 10 heteroatoms. The van der Waals surface area contributed by atoms with Crippen molar-refractivity contribution >= 4 is 26.8 Å². The van der Waals surface area contributed by atoms with E-state index in [4.69, 9.17) is 9.26 Å². The SMILES string of the molecule is COc1cc(Cn2cccn2)cc2onc(NS(=O)(=O)c3cc(C4CC4)ccc3CO)c12. The number of nitrogens with one attached hydrogen (secondary N) is 1. The van der Waals surface area contributed by atoms with Crippen molar-refractivity contribution in [3.63, 3.8) is 0 Å². The smallest absolute Gasteiger partial charge is 0.263 e. The summed E-state index contributed by atoms with van der Waals surface area (Å²) in [6.45, 7) is 0.107. The maximum absolute atomic E-state index is 13.2. The molecule has 0 amide bonds. The number of nitrogens with zero attached hydrogens (tertiary/aromatic N) is 3. The molecular formula is C22H22N4O5S. The minimum Gasteiger partial charge on any atom is -0.496 e. The predicted molar refractivity (Wildman–Crippen MR) is 117 cm³/mol. The molecule has 0 saturated heterocycles. The molecular weight excluding hydrogens is 432 g/mol. The van der Waals surface area contributed by atoms with Crippen LogP contribution in [-0.4, -0.2) is 35.6 Å². The van der Waals surface area contributed by atoms with Crippen LogP contribution in [0.25, 0.3) is 11.0 Å². The molecule has 0 unspecified atom stereocenters. The molecule has 2 aromatic heterocycles. The van der Waals surface area contributed by atoms with Gasteiger partial charge in [0.2, 0.25) is 0 Å². The van der Waals surface area contributed by atoms with Gasteiger partial charge in [-0.2, -0.15) is 5.10 Å². The third-order valence-electron chi connectivity index (χ3n) is 5.55. The molecule has 0 radical (unpaired) electrons. The normalized spacial score (nSPS) is 14.1. The van der Waals surface area contributed by atoms with Gasteiger partial charge in [-0.3, -0.25) is 9.40 Å². The molecule has 0 atom stereocenters. The number of hydrogen-bond acceptors (Lipinski definition) is 7. The Morgan fingerprint density at radius 2 is 2.12 bits per heavy atom. The maximum Gasteiger partial charge on any atom is 0.263 e. The molecule has 2 heterocycles. The molecule has 2 N–H and O–H groups in total. The number of aliphatic hydroxyl groups excluding tert-OH is 1. The van der Waals surface area contributed by atoms with Gasteiger partial charge < -0.3 is 14.4 Å².